The van der Waals surface area contributed by atoms with Crippen molar-refractivity contribution in [1.29, 1.82) is 0 Å². The number of carboxylic acids is 1. The normalized spacial score (nSPS) is 20.2. The highest BCUT2D eigenvalue weighted by atomic mass is 35.5. The number of carbonyl (C=O) groups excluding carboxylic acids is 2. The van der Waals surface area contributed by atoms with E-state index >= 15 is 0 Å². The number of aliphatic carboxylic acids is 1. The molecule has 4 amide bonds. The first-order valence-corrected chi connectivity index (χ1v) is 12.9. The Morgan fingerprint density at radius 2 is 1.45 bits per heavy atom. The number of hydrogen-bond acceptors (Lipinski definition) is 3. The molecule has 9 heteroatoms. The SMILES string of the molecule is CN(Cc1ccc(Cl)cc1)C(=O)N1[C@H]2CC[C@@H]1[C@@H](C(=O)O)N(C(=O)N(c1ccccc1)c1ccccc1)C2. The van der Waals surface area contributed by atoms with Crippen LogP contribution in [-0.4, -0.2) is 69.6 Å². The van der Waals surface area contributed by atoms with Crippen LogP contribution >= 0.6 is 11.6 Å². The van der Waals surface area contributed by atoms with Crippen molar-refractivity contribution in [2.75, 3.05) is 18.5 Å². The van der Waals surface area contributed by atoms with Crippen molar-refractivity contribution in [3.63, 3.8) is 0 Å². The molecule has 196 valence electrons. The average Bonchev–Trinajstić information content (AvgIpc) is 3.22. The smallest absolute Gasteiger partial charge is 0.329 e. The molecule has 3 aromatic rings. The Balaban J connectivity index is 1.42. The van der Waals surface area contributed by atoms with E-state index in [1.165, 1.54) is 4.90 Å². The molecule has 3 aromatic carbocycles. The first kappa shape index (κ1) is 25.6. The minimum absolute atomic E-state index is 0.142. The van der Waals surface area contributed by atoms with Gasteiger partial charge in [-0.2, -0.15) is 0 Å². The van der Waals surface area contributed by atoms with Gasteiger partial charge in [-0.15, -0.1) is 0 Å². The number of piperazine rings is 1. The number of urea groups is 2. The number of fused-ring (bicyclic) bond motifs is 2. The van der Waals surface area contributed by atoms with Crippen molar-refractivity contribution in [1.82, 2.24) is 14.7 Å². The Morgan fingerprint density at radius 1 is 0.868 bits per heavy atom. The Hall–Kier alpha value is -4.04. The molecule has 38 heavy (non-hydrogen) atoms. The van der Waals surface area contributed by atoms with Crippen LogP contribution in [0.2, 0.25) is 5.02 Å². The summed E-state index contributed by atoms with van der Waals surface area (Å²) in [6, 6.07) is 22.9. The summed E-state index contributed by atoms with van der Waals surface area (Å²) in [6.45, 7) is 0.505. The predicted octanol–water partition coefficient (Wildman–Crippen LogP) is 5.45. The summed E-state index contributed by atoms with van der Waals surface area (Å²) in [5, 5.41) is 10.9. The highest BCUT2D eigenvalue weighted by Crippen LogP contribution is 2.37. The van der Waals surface area contributed by atoms with Crippen molar-refractivity contribution in [3.8, 4) is 0 Å². The van der Waals surface area contributed by atoms with Gasteiger partial charge in [0.05, 0.1) is 23.5 Å². The van der Waals surface area contributed by atoms with Gasteiger partial charge in [0.1, 0.15) is 0 Å². The third-order valence-electron chi connectivity index (χ3n) is 7.25. The molecule has 5 rings (SSSR count). The van der Waals surface area contributed by atoms with Gasteiger partial charge in [-0.3, -0.25) is 4.90 Å². The van der Waals surface area contributed by atoms with Gasteiger partial charge in [-0.25, -0.2) is 14.4 Å². The molecule has 0 aliphatic carbocycles. The maximum absolute atomic E-state index is 14.1. The highest BCUT2D eigenvalue weighted by Gasteiger charge is 2.54. The van der Waals surface area contributed by atoms with Crippen LogP contribution in [0.25, 0.3) is 0 Å². The Kier molecular flexibility index (Phi) is 7.24. The van der Waals surface area contributed by atoms with E-state index in [1.54, 1.807) is 33.9 Å². The zero-order valence-electron chi connectivity index (χ0n) is 21.0. The van der Waals surface area contributed by atoms with Crippen LogP contribution in [-0.2, 0) is 11.3 Å². The lowest BCUT2D eigenvalue weighted by Crippen LogP contribution is -2.67. The van der Waals surface area contributed by atoms with Crippen LogP contribution in [0.1, 0.15) is 18.4 Å². The number of benzene rings is 3. The summed E-state index contributed by atoms with van der Waals surface area (Å²) in [5.41, 5.74) is 2.20. The number of nitrogens with zero attached hydrogens (tertiary/aromatic N) is 4. The fraction of sp³-hybridized carbons (Fsp3) is 0.276. The second-order valence-electron chi connectivity index (χ2n) is 9.70. The zero-order chi connectivity index (χ0) is 26.8. The third-order valence-corrected chi connectivity index (χ3v) is 7.51. The topological polar surface area (TPSA) is 84.4 Å². The lowest BCUT2D eigenvalue weighted by atomic mass is 10.0. The summed E-state index contributed by atoms with van der Waals surface area (Å²) in [4.78, 5) is 46.5. The summed E-state index contributed by atoms with van der Waals surface area (Å²) < 4.78 is 0. The third kappa shape index (κ3) is 4.91. The van der Waals surface area contributed by atoms with Crippen molar-refractivity contribution < 1.29 is 19.5 Å². The molecule has 2 aliphatic rings. The number of rotatable bonds is 5. The number of likely N-dealkylation sites (tertiary alicyclic amines) is 1. The van der Waals surface area contributed by atoms with Crippen LogP contribution in [0, 0.1) is 0 Å². The number of amides is 4. The van der Waals surface area contributed by atoms with Gasteiger partial charge in [-0.1, -0.05) is 60.1 Å². The quantitative estimate of drug-likeness (QED) is 0.473. The molecule has 0 unspecified atom stereocenters. The number of anilines is 2. The molecule has 2 saturated heterocycles. The zero-order valence-corrected chi connectivity index (χ0v) is 21.7. The molecular formula is C29H29ClN4O4. The molecular weight excluding hydrogens is 504 g/mol. The van der Waals surface area contributed by atoms with E-state index in [-0.39, 0.29) is 18.6 Å². The second kappa shape index (κ2) is 10.8. The lowest BCUT2D eigenvalue weighted by Gasteiger charge is -2.47. The molecule has 2 fully saturated rings. The van der Waals surface area contributed by atoms with E-state index in [2.05, 4.69) is 0 Å². The molecule has 2 aliphatic heterocycles. The standard InChI is InChI=1S/C29H29ClN4O4/c1-31(18-20-12-14-21(30)15-13-20)28(37)34-24-16-17-25(34)26(27(35)36)32(19-24)29(38)33(22-8-4-2-5-9-22)23-10-6-3-7-11-23/h2-15,24-26H,16-19H2,1H3,(H,35,36)/t24-,25+,26-/m0/s1. The fourth-order valence-corrected chi connectivity index (χ4v) is 5.65. The summed E-state index contributed by atoms with van der Waals surface area (Å²) in [6.07, 6.45) is 1.15. The van der Waals surface area contributed by atoms with Crippen molar-refractivity contribution in [2.45, 2.75) is 37.5 Å². The largest absolute Gasteiger partial charge is 0.480 e. The Labute approximate surface area is 226 Å². The van der Waals surface area contributed by atoms with Crippen molar-refractivity contribution >= 4 is 41.0 Å². The predicted molar refractivity (Wildman–Crippen MR) is 146 cm³/mol. The summed E-state index contributed by atoms with van der Waals surface area (Å²) in [7, 11) is 1.70. The molecule has 2 bridgehead atoms. The summed E-state index contributed by atoms with van der Waals surface area (Å²) >= 11 is 5.98. The van der Waals surface area contributed by atoms with E-state index < -0.39 is 24.1 Å². The number of halogens is 1. The molecule has 0 radical (unpaired) electrons. The fourth-order valence-electron chi connectivity index (χ4n) is 5.52. The Morgan fingerprint density at radius 3 is 2.00 bits per heavy atom. The number of carbonyl (C=O) groups is 3. The van der Waals surface area contributed by atoms with Crippen LogP contribution in [0.5, 0.6) is 0 Å². The maximum atomic E-state index is 14.1. The maximum Gasteiger partial charge on any atom is 0.329 e. The molecule has 8 nitrogen and oxygen atoms in total. The Bertz CT molecular complexity index is 1270. The molecule has 1 N–H and O–H groups in total. The molecule has 3 atom stereocenters. The van der Waals surface area contributed by atoms with Crippen LogP contribution < -0.4 is 4.90 Å². The van der Waals surface area contributed by atoms with Gasteiger partial charge in [0, 0.05) is 25.2 Å². The first-order chi connectivity index (χ1) is 18.3. The van der Waals surface area contributed by atoms with Gasteiger partial charge in [0.2, 0.25) is 0 Å². The highest BCUT2D eigenvalue weighted by molar-refractivity contribution is 6.30. The van der Waals surface area contributed by atoms with E-state index in [0.717, 1.165) is 5.56 Å². The monoisotopic (exact) mass is 532 g/mol. The van der Waals surface area contributed by atoms with E-state index in [1.807, 2.05) is 72.8 Å². The van der Waals surface area contributed by atoms with E-state index in [0.29, 0.717) is 35.8 Å². The minimum Gasteiger partial charge on any atom is -0.480 e. The van der Waals surface area contributed by atoms with Crippen molar-refractivity contribution in [3.05, 3.63) is 95.5 Å². The minimum atomic E-state index is -1.16. The average molecular weight is 533 g/mol. The van der Waals surface area contributed by atoms with Crippen molar-refractivity contribution in [2.24, 2.45) is 0 Å². The number of para-hydroxylation sites is 2. The molecule has 0 aromatic heterocycles. The lowest BCUT2D eigenvalue weighted by molar-refractivity contribution is -0.145. The van der Waals surface area contributed by atoms with Gasteiger partial charge in [0.15, 0.2) is 6.04 Å². The van der Waals surface area contributed by atoms with Gasteiger partial charge in [-0.05, 0) is 54.8 Å². The van der Waals surface area contributed by atoms with Crippen LogP contribution in [0.15, 0.2) is 84.9 Å². The first-order valence-electron chi connectivity index (χ1n) is 12.6. The molecule has 0 spiro atoms. The second-order valence-corrected chi connectivity index (χ2v) is 10.1. The van der Waals surface area contributed by atoms with Gasteiger partial charge < -0.3 is 19.8 Å². The molecule has 0 saturated carbocycles. The van der Waals surface area contributed by atoms with Crippen LogP contribution in [0.4, 0.5) is 21.0 Å². The van der Waals surface area contributed by atoms with Crippen LogP contribution in [0.3, 0.4) is 0 Å². The van der Waals surface area contributed by atoms with Gasteiger partial charge >= 0.3 is 18.0 Å². The van der Waals surface area contributed by atoms with E-state index in [4.69, 9.17) is 11.6 Å². The number of carboxylic acid groups (broad SMARTS) is 1. The summed E-state index contributed by atoms with van der Waals surface area (Å²) in [5.74, 6) is -1.12. The van der Waals surface area contributed by atoms with E-state index in [9.17, 15) is 19.5 Å². The van der Waals surface area contributed by atoms with Gasteiger partial charge in [0.25, 0.3) is 0 Å². The molecule has 2 heterocycles. The number of hydrogen-bond donors (Lipinski definition) is 1.